The van der Waals surface area contributed by atoms with Gasteiger partial charge in [-0.2, -0.15) is 0 Å². The number of guanidine groups is 1. The quantitative estimate of drug-likeness (QED) is 0.440. The molecule has 0 aromatic heterocycles. The molecule has 7 heteroatoms. The molecule has 4 atom stereocenters. The zero-order valence-corrected chi connectivity index (χ0v) is 14.6. The molecule has 0 saturated carbocycles. The number of nitrogens with zero attached hydrogens (tertiary/aromatic N) is 1. The van der Waals surface area contributed by atoms with Gasteiger partial charge in [0.15, 0.2) is 15.8 Å². The van der Waals surface area contributed by atoms with Crippen LogP contribution < -0.4 is 10.6 Å². The van der Waals surface area contributed by atoms with Gasteiger partial charge in [0.05, 0.1) is 36.3 Å². The molecule has 23 heavy (non-hydrogen) atoms. The Kier molecular flexibility index (Phi) is 4.96. The zero-order valence-electron chi connectivity index (χ0n) is 13.8. The van der Waals surface area contributed by atoms with E-state index in [1.54, 1.807) is 0 Å². The first-order valence-corrected chi connectivity index (χ1v) is 10.3. The van der Waals surface area contributed by atoms with Crippen LogP contribution in [0.5, 0.6) is 0 Å². The van der Waals surface area contributed by atoms with Crippen molar-refractivity contribution in [2.75, 3.05) is 24.6 Å². The summed E-state index contributed by atoms with van der Waals surface area (Å²) in [6, 6.07) is 0.303. The van der Waals surface area contributed by atoms with E-state index in [0.717, 1.165) is 37.2 Å². The number of hydrogen-bond acceptors (Lipinski definition) is 4. The second-order valence-corrected chi connectivity index (χ2v) is 9.36. The van der Waals surface area contributed by atoms with Crippen LogP contribution >= 0.6 is 0 Å². The van der Waals surface area contributed by atoms with Crippen LogP contribution in [0.2, 0.25) is 0 Å². The SMILES string of the molecule is C=C(C)CN=C(NCC1CCS(=O)(=O)C1)NC1CC2CCC1O2. The highest BCUT2D eigenvalue weighted by atomic mass is 32.2. The standard InChI is InChI=1S/C16H27N3O3S/c1-11(2)8-17-16(18-9-12-5-6-23(20,21)10-12)19-14-7-13-3-4-15(14)22-13/h12-15H,1,3-10H2,2H3,(H2,17,18,19). The van der Waals surface area contributed by atoms with Gasteiger partial charge in [-0.3, -0.25) is 0 Å². The van der Waals surface area contributed by atoms with E-state index < -0.39 is 9.84 Å². The van der Waals surface area contributed by atoms with Gasteiger partial charge in [-0.05, 0) is 38.5 Å². The highest BCUT2D eigenvalue weighted by Crippen LogP contribution is 2.34. The summed E-state index contributed by atoms with van der Waals surface area (Å²) in [7, 11) is -2.83. The Balaban J connectivity index is 1.55. The van der Waals surface area contributed by atoms with Crippen molar-refractivity contribution >= 4 is 15.8 Å². The molecular weight excluding hydrogens is 314 g/mol. The number of rotatable bonds is 5. The van der Waals surface area contributed by atoms with Crippen LogP contribution in [0.15, 0.2) is 17.1 Å². The first-order valence-electron chi connectivity index (χ1n) is 8.46. The summed E-state index contributed by atoms with van der Waals surface area (Å²) in [5, 5.41) is 6.79. The van der Waals surface area contributed by atoms with Gasteiger partial charge in [0.1, 0.15) is 0 Å². The van der Waals surface area contributed by atoms with Crippen molar-refractivity contribution in [2.24, 2.45) is 10.9 Å². The number of hydrogen-bond donors (Lipinski definition) is 2. The van der Waals surface area contributed by atoms with Crippen LogP contribution in [0.25, 0.3) is 0 Å². The predicted octanol–water partition coefficient (Wildman–Crippen LogP) is 0.852. The minimum Gasteiger partial charge on any atom is -0.373 e. The fraction of sp³-hybridized carbons (Fsp3) is 0.812. The molecule has 0 spiro atoms. The van der Waals surface area contributed by atoms with Crippen molar-refractivity contribution in [3.63, 3.8) is 0 Å². The third-order valence-corrected chi connectivity index (χ3v) is 6.66. The van der Waals surface area contributed by atoms with Crippen molar-refractivity contribution in [2.45, 2.75) is 50.9 Å². The minimum absolute atomic E-state index is 0.174. The Bertz CT molecular complexity index is 587. The largest absolute Gasteiger partial charge is 0.373 e. The Morgan fingerprint density at radius 2 is 2.17 bits per heavy atom. The number of fused-ring (bicyclic) bond motifs is 2. The Hall–Kier alpha value is -1.08. The summed E-state index contributed by atoms with van der Waals surface area (Å²) < 4.78 is 29.0. The zero-order chi connectivity index (χ0) is 16.4. The van der Waals surface area contributed by atoms with E-state index in [-0.39, 0.29) is 17.8 Å². The number of aliphatic imine (C=N–C) groups is 1. The number of sulfone groups is 1. The first-order chi connectivity index (χ1) is 10.9. The lowest BCUT2D eigenvalue weighted by atomic mass is 9.96. The van der Waals surface area contributed by atoms with Gasteiger partial charge in [0, 0.05) is 6.54 Å². The molecule has 130 valence electrons. The topological polar surface area (TPSA) is 79.8 Å². The maximum atomic E-state index is 11.6. The van der Waals surface area contributed by atoms with Crippen molar-refractivity contribution in [1.82, 2.24) is 10.6 Å². The Morgan fingerprint density at radius 1 is 1.35 bits per heavy atom. The van der Waals surface area contributed by atoms with E-state index in [1.807, 2.05) is 6.92 Å². The maximum absolute atomic E-state index is 11.6. The monoisotopic (exact) mass is 341 g/mol. The number of nitrogens with one attached hydrogen (secondary N) is 2. The van der Waals surface area contributed by atoms with E-state index in [9.17, 15) is 8.42 Å². The summed E-state index contributed by atoms with van der Waals surface area (Å²) in [4.78, 5) is 4.56. The molecule has 3 aliphatic heterocycles. The molecule has 0 aliphatic carbocycles. The molecule has 3 aliphatic rings. The normalized spacial score (nSPS) is 35.4. The van der Waals surface area contributed by atoms with Gasteiger partial charge in [0.2, 0.25) is 0 Å². The van der Waals surface area contributed by atoms with Crippen LogP contribution in [0.1, 0.15) is 32.6 Å². The van der Waals surface area contributed by atoms with Crippen LogP contribution in [0.3, 0.4) is 0 Å². The number of ether oxygens (including phenoxy) is 1. The van der Waals surface area contributed by atoms with Crippen LogP contribution in [0, 0.1) is 5.92 Å². The smallest absolute Gasteiger partial charge is 0.191 e. The summed E-state index contributed by atoms with van der Waals surface area (Å²) in [6.45, 7) is 7.05. The third-order valence-electron chi connectivity index (χ3n) is 4.82. The molecule has 2 bridgehead atoms. The van der Waals surface area contributed by atoms with E-state index in [2.05, 4.69) is 22.2 Å². The average Bonchev–Trinajstić information content (AvgIpc) is 3.17. The first kappa shape index (κ1) is 16.8. The molecule has 2 N–H and O–H groups in total. The molecule has 3 saturated heterocycles. The summed E-state index contributed by atoms with van der Waals surface area (Å²) in [6.07, 6.45) is 4.70. The van der Waals surface area contributed by atoms with Crippen molar-refractivity contribution < 1.29 is 13.2 Å². The summed E-state index contributed by atoms with van der Waals surface area (Å²) in [5.74, 6) is 1.52. The van der Waals surface area contributed by atoms with Crippen LogP contribution in [0.4, 0.5) is 0 Å². The molecule has 0 aromatic rings. The highest BCUT2D eigenvalue weighted by Gasteiger charge is 2.41. The lowest BCUT2D eigenvalue weighted by molar-refractivity contribution is 0.0992. The van der Waals surface area contributed by atoms with Gasteiger partial charge in [-0.25, -0.2) is 13.4 Å². The fourth-order valence-electron chi connectivity index (χ4n) is 3.61. The van der Waals surface area contributed by atoms with Crippen molar-refractivity contribution in [3.05, 3.63) is 12.2 Å². The van der Waals surface area contributed by atoms with E-state index in [4.69, 9.17) is 4.74 Å². The summed E-state index contributed by atoms with van der Waals surface area (Å²) in [5.41, 5.74) is 0.999. The second kappa shape index (κ2) is 6.81. The van der Waals surface area contributed by atoms with Gasteiger partial charge in [0.25, 0.3) is 0 Å². The average molecular weight is 341 g/mol. The lowest BCUT2D eigenvalue weighted by Gasteiger charge is -2.23. The molecule has 0 aromatic carbocycles. The van der Waals surface area contributed by atoms with Gasteiger partial charge >= 0.3 is 0 Å². The molecule has 3 fully saturated rings. The van der Waals surface area contributed by atoms with E-state index in [1.165, 1.54) is 0 Å². The summed E-state index contributed by atoms with van der Waals surface area (Å²) >= 11 is 0. The lowest BCUT2D eigenvalue weighted by Crippen LogP contribution is -2.48. The molecule has 6 nitrogen and oxygen atoms in total. The molecular formula is C16H27N3O3S. The molecule has 4 unspecified atom stereocenters. The van der Waals surface area contributed by atoms with Gasteiger partial charge in [-0.15, -0.1) is 0 Å². The Labute approximate surface area is 138 Å². The van der Waals surface area contributed by atoms with Gasteiger partial charge in [-0.1, -0.05) is 12.2 Å². The van der Waals surface area contributed by atoms with Crippen molar-refractivity contribution in [1.29, 1.82) is 0 Å². The fourth-order valence-corrected chi connectivity index (χ4v) is 5.47. The molecule has 3 heterocycles. The van der Waals surface area contributed by atoms with Crippen molar-refractivity contribution in [3.8, 4) is 0 Å². The predicted molar refractivity (Wildman–Crippen MR) is 91.3 cm³/mol. The maximum Gasteiger partial charge on any atom is 0.191 e. The molecule has 0 amide bonds. The Morgan fingerprint density at radius 3 is 2.74 bits per heavy atom. The van der Waals surface area contributed by atoms with Crippen LogP contribution in [-0.2, 0) is 14.6 Å². The van der Waals surface area contributed by atoms with E-state index in [0.29, 0.717) is 31.0 Å². The highest BCUT2D eigenvalue weighted by molar-refractivity contribution is 7.91. The molecule has 3 rings (SSSR count). The minimum atomic E-state index is -2.83. The van der Waals surface area contributed by atoms with Crippen LogP contribution in [-0.4, -0.2) is 57.2 Å². The molecule has 0 radical (unpaired) electrons. The van der Waals surface area contributed by atoms with E-state index >= 15 is 0 Å². The third kappa shape index (κ3) is 4.47. The second-order valence-electron chi connectivity index (χ2n) is 7.13. The van der Waals surface area contributed by atoms with Gasteiger partial charge < -0.3 is 15.4 Å².